The minimum Gasteiger partial charge on any atom is -0.353 e. The number of nitrogens with zero attached hydrogens (tertiary/aromatic N) is 5. The zero-order chi connectivity index (χ0) is 21.9. The maximum Gasteiger partial charge on any atom is 0.251 e. The van der Waals surface area contributed by atoms with E-state index >= 15 is 0 Å². The van der Waals surface area contributed by atoms with Gasteiger partial charge in [-0.2, -0.15) is 0 Å². The van der Waals surface area contributed by atoms with Gasteiger partial charge in [-0.3, -0.25) is 14.7 Å². The molecule has 5 heterocycles. The van der Waals surface area contributed by atoms with Crippen molar-refractivity contribution in [3.05, 3.63) is 90.0 Å². The molecule has 1 amide bonds. The monoisotopic (exact) mass is 428 g/mol. The molecule has 1 saturated heterocycles. The van der Waals surface area contributed by atoms with Gasteiger partial charge in [0.2, 0.25) is 0 Å². The number of pyridine rings is 2. The van der Waals surface area contributed by atoms with Gasteiger partial charge >= 0.3 is 0 Å². The number of fused-ring (bicyclic) bond motifs is 1. The van der Waals surface area contributed by atoms with Gasteiger partial charge < -0.3 is 14.3 Å². The number of nitrogens with one attached hydrogen (secondary N) is 1. The maximum absolute atomic E-state index is 12.5. The Labute approximate surface area is 187 Å². The Morgan fingerprint density at radius 1 is 1.06 bits per heavy atom. The number of piperidine rings is 1. The Morgan fingerprint density at radius 2 is 1.88 bits per heavy atom. The highest BCUT2D eigenvalue weighted by Crippen LogP contribution is 2.29. The third-order valence-electron chi connectivity index (χ3n) is 6.40. The van der Waals surface area contributed by atoms with Gasteiger partial charge in [0, 0.05) is 55.6 Å². The Balaban J connectivity index is 1.29. The van der Waals surface area contributed by atoms with Gasteiger partial charge in [-0.05, 0) is 62.3 Å². The summed E-state index contributed by atoms with van der Waals surface area (Å²) < 4.78 is 4.40. The van der Waals surface area contributed by atoms with Gasteiger partial charge in [-0.1, -0.05) is 6.07 Å². The Morgan fingerprint density at radius 3 is 2.62 bits per heavy atom. The number of hydrogen-bond acceptors (Lipinski definition) is 4. The summed E-state index contributed by atoms with van der Waals surface area (Å²) in [6.45, 7) is 3.52. The highest BCUT2D eigenvalue weighted by molar-refractivity contribution is 5.94. The number of imidazole rings is 1. The molecule has 5 rings (SSSR count). The summed E-state index contributed by atoms with van der Waals surface area (Å²) in [5, 5.41) is 3.01. The minimum absolute atomic E-state index is 0.111. The second kappa shape index (κ2) is 8.96. The van der Waals surface area contributed by atoms with Crippen molar-refractivity contribution in [1.82, 2.24) is 29.2 Å². The van der Waals surface area contributed by atoms with E-state index in [9.17, 15) is 4.79 Å². The van der Waals surface area contributed by atoms with E-state index in [4.69, 9.17) is 4.98 Å². The van der Waals surface area contributed by atoms with E-state index in [0.29, 0.717) is 18.0 Å². The number of aryl methyl sites for hydroxylation is 1. The minimum atomic E-state index is -0.111. The van der Waals surface area contributed by atoms with Gasteiger partial charge in [0.05, 0.1) is 17.8 Å². The SMILES string of the molecule is Cn1cccc1CN1CCC(c2nc(CNC(=O)c3ccncc3)c3ccccn23)CC1. The fourth-order valence-corrected chi connectivity index (χ4v) is 4.55. The Hall–Kier alpha value is -3.45. The topological polar surface area (TPSA) is 67.5 Å². The molecule has 0 aromatic carbocycles. The van der Waals surface area contributed by atoms with E-state index < -0.39 is 0 Å². The molecule has 0 saturated carbocycles. The molecule has 32 heavy (non-hydrogen) atoms. The number of carbonyl (C=O) groups is 1. The van der Waals surface area contributed by atoms with Crippen LogP contribution in [0.1, 0.15) is 46.3 Å². The number of aromatic nitrogens is 4. The summed E-state index contributed by atoms with van der Waals surface area (Å²) in [4.78, 5) is 24.0. The van der Waals surface area contributed by atoms with Crippen molar-refractivity contribution in [1.29, 1.82) is 0 Å². The second-order valence-electron chi connectivity index (χ2n) is 8.45. The molecule has 4 aromatic rings. The molecule has 164 valence electrons. The molecule has 0 atom stereocenters. The van der Waals surface area contributed by atoms with E-state index in [-0.39, 0.29) is 5.91 Å². The van der Waals surface area contributed by atoms with Gasteiger partial charge in [0.25, 0.3) is 5.91 Å². The fourth-order valence-electron chi connectivity index (χ4n) is 4.55. The van der Waals surface area contributed by atoms with Gasteiger partial charge in [-0.25, -0.2) is 4.98 Å². The molecule has 0 spiro atoms. The van der Waals surface area contributed by atoms with Crippen LogP contribution in [-0.2, 0) is 20.1 Å². The normalized spacial score (nSPS) is 15.3. The number of hydrogen-bond donors (Lipinski definition) is 1. The summed E-state index contributed by atoms with van der Waals surface area (Å²) in [5.74, 6) is 1.41. The van der Waals surface area contributed by atoms with Crippen LogP contribution in [0.3, 0.4) is 0 Å². The molecule has 1 N–H and O–H groups in total. The first-order chi connectivity index (χ1) is 15.7. The average Bonchev–Trinajstić information content (AvgIpc) is 3.42. The molecule has 0 radical (unpaired) electrons. The van der Waals surface area contributed by atoms with Crippen LogP contribution in [0.15, 0.2) is 67.3 Å². The molecule has 0 unspecified atom stereocenters. The molecule has 7 nitrogen and oxygen atoms in total. The summed E-state index contributed by atoms with van der Waals surface area (Å²) >= 11 is 0. The van der Waals surface area contributed by atoms with Gasteiger partial charge in [0.15, 0.2) is 0 Å². The number of amides is 1. The smallest absolute Gasteiger partial charge is 0.251 e. The molecule has 7 heteroatoms. The lowest BCUT2D eigenvalue weighted by Gasteiger charge is -2.31. The maximum atomic E-state index is 12.5. The van der Waals surface area contributed by atoms with Crippen LogP contribution in [0, 0.1) is 0 Å². The van der Waals surface area contributed by atoms with Crippen molar-refractivity contribution in [2.24, 2.45) is 7.05 Å². The van der Waals surface area contributed by atoms with Gasteiger partial charge in [-0.15, -0.1) is 0 Å². The quantitative estimate of drug-likeness (QED) is 0.511. The molecule has 0 bridgehead atoms. The summed E-state index contributed by atoms with van der Waals surface area (Å²) in [6.07, 6.45) is 9.62. The molecule has 1 aliphatic heterocycles. The number of likely N-dealkylation sites (tertiary alicyclic amines) is 1. The molecule has 0 aliphatic carbocycles. The van der Waals surface area contributed by atoms with Crippen molar-refractivity contribution < 1.29 is 4.79 Å². The lowest BCUT2D eigenvalue weighted by Crippen LogP contribution is -2.33. The number of rotatable bonds is 6. The standard InChI is InChI=1S/C25H28N6O/c1-29-13-4-5-21(29)18-30-15-9-19(10-16-30)24-28-22(23-6-2-3-14-31(23)24)17-27-25(32)20-7-11-26-12-8-20/h2-8,11-14,19H,9-10,15-18H2,1H3,(H,27,32). The van der Waals surface area contributed by atoms with Crippen LogP contribution in [0.4, 0.5) is 0 Å². The van der Waals surface area contributed by atoms with Crippen LogP contribution < -0.4 is 5.32 Å². The van der Waals surface area contributed by atoms with Crippen LogP contribution in [0.5, 0.6) is 0 Å². The Kier molecular flexibility index (Phi) is 5.73. The lowest BCUT2D eigenvalue weighted by molar-refractivity contribution is 0.0950. The van der Waals surface area contributed by atoms with Crippen LogP contribution in [0.2, 0.25) is 0 Å². The zero-order valence-corrected chi connectivity index (χ0v) is 18.3. The van der Waals surface area contributed by atoms with Crippen LogP contribution in [-0.4, -0.2) is 42.8 Å². The van der Waals surface area contributed by atoms with Gasteiger partial charge in [0.1, 0.15) is 5.82 Å². The summed E-state index contributed by atoms with van der Waals surface area (Å²) in [5.41, 5.74) is 3.93. The Bertz CT molecular complexity index is 1200. The molecule has 1 aliphatic rings. The predicted molar refractivity (Wildman–Crippen MR) is 123 cm³/mol. The van der Waals surface area contributed by atoms with Crippen molar-refractivity contribution in [3.63, 3.8) is 0 Å². The van der Waals surface area contributed by atoms with Crippen molar-refractivity contribution in [2.75, 3.05) is 13.1 Å². The van der Waals surface area contributed by atoms with Crippen molar-refractivity contribution in [2.45, 2.75) is 31.8 Å². The van der Waals surface area contributed by atoms with E-state index in [2.05, 4.69) is 61.8 Å². The molecule has 1 fully saturated rings. The lowest BCUT2D eigenvalue weighted by atomic mass is 9.96. The first-order valence-electron chi connectivity index (χ1n) is 11.2. The third-order valence-corrected chi connectivity index (χ3v) is 6.40. The van der Waals surface area contributed by atoms with Crippen LogP contribution >= 0.6 is 0 Å². The first-order valence-corrected chi connectivity index (χ1v) is 11.2. The fraction of sp³-hybridized carbons (Fsp3) is 0.320. The van der Waals surface area contributed by atoms with Crippen molar-refractivity contribution >= 4 is 11.4 Å². The summed E-state index contributed by atoms with van der Waals surface area (Å²) in [7, 11) is 2.10. The van der Waals surface area contributed by atoms with E-state index in [0.717, 1.165) is 49.5 Å². The molecular weight excluding hydrogens is 400 g/mol. The van der Waals surface area contributed by atoms with Crippen molar-refractivity contribution in [3.8, 4) is 0 Å². The largest absolute Gasteiger partial charge is 0.353 e. The highest BCUT2D eigenvalue weighted by Gasteiger charge is 2.25. The first kappa shape index (κ1) is 20.5. The number of carbonyl (C=O) groups excluding carboxylic acids is 1. The van der Waals surface area contributed by atoms with E-state index in [1.807, 2.05) is 12.1 Å². The molecule has 4 aromatic heterocycles. The predicted octanol–water partition coefficient (Wildman–Crippen LogP) is 3.38. The second-order valence-corrected chi connectivity index (χ2v) is 8.45. The highest BCUT2D eigenvalue weighted by atomic mass is 16.1. The zero-order valence-electron chi connectivity index (χ0n) is 18.3. The average molecular weight is 429 g/mol. The van der Waals surface area contributed by atoms with E-state index in [1.54, 1.807) is 24.5 Å². The summed E-state index contributed by atoms with van der Waals surface area (Å²) in [6, 6.07) is 13.9. The molecular formula is C25H28N6O. The van der Waals surface area contributed by atoms with E-state index in [1.165, 1.54) is 5.69 Å². The van der Waals surface area contributed by atoms with Crippen LogP contribution in [0.25, 0.3) is 5.52 Å². The third kappa shape index (κ3) is 4.16.